The second-order valence-electron chi connectivity index (χ2n) is 18.5. The van der Waals surface area contributed by atoms with Crippen LogP contribution in [0.15, 0.2) is 139 Å². The minimum atomic E-state index is -0.807. The third-order valence-electron chi connectivity index (χ3n) is 10.3. The Morgan fingerprint density at radius 3 is 1.71 bits per heavy atom. The third kappa shape index (κ3) is 23.0. The summed E-state index contributed by atoms with van der Waals surface area (Å²) in [6.45, 7) is 10.4. The van der Waals surface area contributed by atoms with Crippen molar-refractivity contribution in [1.82, 2.24) is 19.8 Å². The highest BCUT2D eigenvalue weighted by Crippen LogP contribution is 2.19. The molecule has 0 aliphatic rings. The topological polar surface area (TPSA) is 253 Å². The smallest absolute Gasteiger partial charge is 0.412 e. The minimum Gasteiger partial charge on any atom is -0.460 e. The molecule has 0 unspecified atom stereocenters. The molecule has 2 heterocycles. The van der Waals surface area contributed by atoms with Crippen molar-refractivity contribution in [3.8, 4) is 0 Å². The molecule has 400 valence electrons. The Labute approximate surface area is 450 Å². The molecule has 21 heteroatoms. The number of fused-ring (bicyclic) bond motifs is 2. The van der Waals surface area contributed by atoms with Crippen LogP contribution in [-0.4, -0.2) is 118 Å². The zero-order chi connectivity index (χ0) is 53.6. The molecule has 6 aromatic rings. The van der Waals surface area contributed by atoms with Crippen LogP contribution in [0, 0.1) is 0 Å². The van der Waals surface area contributed by atoms with E-state index in [1.807, 2.05) is 84.9 Å². The first-order valence-corrected chi connectivity index (χ1v) is 23.1. The lowest BCUT2D eigenvalue weighted by atomic mass is 10.1. The van der Waals surface area contributed by atoms with Crippen LogP contribution in [0.5, 0.6) is 0 Å². The molecule has 0 fully saturated rings. The van der Waals surface area contributed by atoms with Gasteiger partial charge in [0.05, 0.1) is 32.0 Å². The summed E-state index contributed by atoms with van der Waals surface area (Å²) in [5, 5.41) is 18.7. The number of amides is 3. The van der Waals surface area contributed by atoms with Crippen LogP contribution in [0.1, 0.15) is 80.8 Å². The van der Waals surface area contributed by atoms with Gasteiger partial charge in [-0.1, -0.05) is 109 Å². The lowest BCUT2D eigenvalue weighted by Gasteiger charge is -2.28. The van der Waals surface area contributed by atoms with Crippen molar-refractivity contribution in [2.45, 2.75) is 84.3 Å². The highest BCUT2D eigenvalue weighted by atomic mass is 32.1. The van der Waals surface area contributed by atoms with Crippen molar-refractivity contribution in [2.75, 3.05) is 39.2 Å². The van der Waals surface area contributed by atoms with Gasteiger partial charge in [0.25, 0.3) is 5.91 Å². The first-order chi connectivity index (χ1) is 34.6. The highest BCUT2D eigenvalue weighted by molar-refractivity contribution is 7.59. The largest absolute Gasteiger partial charge is 0.460 e. The Hall–Kier alpha value is -7.55. The van der Waals surface area contributed by atoms with Gasteiger partial charge >= 0.3 is 24.1 Å². The number of aliphatic hydroxyl groups excluding tert-OH is 1. The van der Waals surface area contributed by atoms with Crippen LogP contribution >= 0.6 is 27.0 Å². The number of aromatic nitrogens is 2. The number of pyridine rings is 2. The van der Waals surface area contributed by atoms with E-state index < -0.39 is 47.3 Å². The minimum absolute atomic E-state index is 0. The van der Waals surface area contributed by atoms with E-state index in [-0.39, 0.29) is 83.6 Å². The van der Waals surface area contributed by atoms with Crippen LogP contribution < -0.4 is 5.32 Å². The van der Waals surface area contributed by atoms with E-state index in [1.54, 1.807) is 102 Å². The number of carbonyl (C=O) groups is 6. The van der Waals surface area contributed by atoms with E-state index in [0.29, 0.717) is 11.4 Å². The summed E-state index contributed by atoms with van der Waals surface area (Å²) in [5.41, 5.74) is 8.45. The number of Topliss-reactive ketones (excluding diaryl/α,β-unsaturated/α-hetero) is 1. The Morgan fingerprint density at radius 2 is 1.17 bits per heavy atom. The van der Waals surface area contributed by atoms with Gasteiger partial charge in [-0.2, -0.15) is 27.0 Å². The molecule has 2 N–H and O–H groups in total. The third-order valence-corrected chi connectivity index (χ3v) is 10.3. The lowest BCUT2D eigenvalue weighted by molar-refractivity contribution is -0.157. The monoisotopic (exact) mass is 1070 g/mol. The van der Waals surface area contributed by atoms with Gasteiger partial charge in [-0.05, 0) is 87.7 Å². The van der Waals surface area contributed by atoms with E-state index in [9.17, 15) is 33.9 Å². The Morgan fingerprint density at radius 1 is 0.680 bits per heavy atom. The second-order valence-corrected chi connectivity index (χ2v) is 18.5. The summed E-state index contributed by atoms with van der Waals surface area (Å²) in [6.07, 6.45) is 1.66. The maximum absolute atomic E-state index is 12.7. The predicted molar refractivity (Wildman–Crippen MR) is 296 cm³/mol. The van der Waals surface area contributed by atoms with Crippen molar-refractivity contribution >= 4 is 90.2 Å². The molecule has 6 rings (SSSR count). The SMILES string of the molecule is CN(C(=O)OCc1ccccc1)[C@H](COC(=O)Nc1cc2ccccc2cn1)CC(=O)OC(C)(C)C.CN(CC(=O)c1ccccc1)[C@H](CO)CC(=O)OC(C)(C)C.S.S.[N-]=[N+]=NC(=O)c1cc2ccccc2cn1. The number of aliphatic hydroxyl groups is 1. The molecular formula is C54H66N8O11S2. The molecule has 0 saturated heterocycles. The fourth-order valence-corrected chi connectivity index (χ4v) is 6.62. The Kier molecular flexibility index (Phi) is 26.5. The molecule has 75 heavy (non-hydrogen) atoms. The first-order valence-electron chi connectivity index (χ1n) is 23.1. The first kappa shape index (κ1) is 63.6. The molecule has 0 radical (unpaired) electrons. The zero-order valence-electron chi connectivity index (χ0n) is 43.3. The number of anilines is 1. The van der Waals surface area contributed by atoms with Crippen molar-refractivity contribution in [1.29, 1.82) is 0 Å². The number of benzene rings is 4. The van der Waals surface area contributed by atoms with Crippen molar-refractivity contribution < 1.29 is 52.8 Å². The number of nitrogens with zero attached hydrogens (tertiary/aromatic N) is 7. The average Bonchev–Trinajstić information content (AvgIpc) is 3.35. The van der Waals surface area contributed by atoms with E-state index >= 15 is 0 Å². The molecule has 0 bridgehead atoms. The van der Waals surface area contributed by atoms with Crippen molar-refractivity contribution in [2.24, 2.45) is 5.11 Å². The molecule has 3 amide bonds. The molecular weight excluding hydrogens is 1000 g/mol. The van der Waals surface area contributed by atoms with Gasteiger partial charge in [0, 0.05) is 46.7 Å². The van der Waals surface area contributed by atoms with Gasteiger partial charge in [0.2, 0.25) is 0 Å². The summed E-state index contributed by atoms with van der Waals surface area (Å²) in [7, 11) is 3.20. The Bertz CT molecular complexity index is 2860. The van der Waals surface area contributed by atoms with E-state index in [2.05, 4.69) is 25.3 Å². The number of ether oxygens (including phenoxy) is 4. The lowest BCUT2D eigenvalue weighted by Crippen LogP contribution is -2.43. The maximum Gasteiger partial charge on any atom is 0.412 e. The van der Waals surface area contributed by atoms with E-state index in [1.165, 1.54) is 11.9 Å². The molecule has 4 aromatic carbocycles. The van der Waals surface area contributed by atoms with Gasteiger partial charge in [-0.25, -0.2) is 14.6 Å². The quantitative estimate of drug-likeness (QED) is 0.0228. The van der Waals surface area contributed by atoms with E-state index in [4.69, 9.17) is 24.5 Å². The number of nitrogens with one attached hydrogen (secondary N) is 1. The van der Waals surface area contributed by atoms with Gasteiger partial charge in [0.15, 0.2) is 5.78 Å². The number of esters is 2. The van der Waals surface area contributed by atoms with Gasteiger partial charge in [0.1, 0.15) is 35.9 Å². The molecule has 19 nitrogen and oxygen atoms in total. The van der Waals surface area contributed by atoms with Gasteiger partial charge < -0.3 is 29.0 Å². The molecule has 0 saturated carbocycles. The fraction of sp³-hybridized carbons (Fsp3) is 0.333. The summed E-state index contributed by atoms with van der Waals surface area (Å²) in [4.78, 5) is 86.2. The van der Waals surface area contributed by atoms with Crippen molar-refractivity contribution in [3.63, 3.8) is 0 Å². The van der Waals surface area contributed by atoms with Crippen LogP contribution in [0.2, 0.25) is 0 Å². The van der Waals surface area contributed by atoms with Crippen LogP contribution in [0.4, 0.5) is 15.4 Å². The van der Waals surface area contributed by atoms with Gasteiger partial charge in [-0.3, -0.25) is 34.4 Å². The normalized spacial score (nSPS) is 11.4. The summed E-state index contributed by atoms with van der Waals surface area (Å²) in [5.74, 6) is -1.31. The highest BCUT2D eigenvalue weighted by Gasteiger charge is 2.29. The number of likely N-dealkylation sites (N-methyl/N-ethyl adjacent to an activating group) is 2. The number of hydrogen-bond donors (Lipinski definition) is 2. The standard InChI is InChI=1S/C27H31N3O6.C17H25NO4.C10H6N4O.2H2S/c1-27(2,3)36-24(31)15-22(30(4)26(33)35-17-19-10-6-5-7-11-19)18-34-25(32)29-23-14-20-12-8-9-13-21(20)16-28-23;1-17(2,3)22-16(21)10-14(12-19)18(4)11-15(20)13-8-6-5-7-9-13;11-14-13-10(15)9-5-7-3-1-2-4-8(7)6-12-9;;/h5-14,16,22H,15,17-18H2,1-4H3,(H,28,29,32);5-9,14,19H,10-12H2,1-4H3;1-6H;2*1H2/t22-;14-;;;/m00.../s1. The van der Waals surface area contributed by atoms with Crippen LogP contribution in [0.25, 0.3) is 32.0 Å². The second kappa shape index (κ2) is 31.2. The molecule has 2 aromatic heterocycles. The number of rotatable bonds is 16. The van der Waals surface area contributed by atoms with Crippen LogP contribution in [-0.2, 0) is 35.1 Å². The number of ketones is 1. The molecule has 0 aliphatic carbocycles. The summed E-state index contributed by atoms with van der Waals surface area (Å²) >= 11 is 0. The summed E-state index contributed by atoms with van der Waals surface area (Å²) in [6, 6.07) is 35.4. The van der Waals surface area contributed by atoms with E-state index in [0.717, 1.165) is 27.1 Å². The number of carbonyl (C=O) groups excluding carboxylic acids is 6. The van der Waals surface area contributed by atoms with Gasteiger partial charge in [-0.15, -0.1) is 0 Å². The summed E-state index contributed by atoms with van der Waals surface area (Å²) < 4.78 is 21.3. The maximum atomic E-state index is 12.7. The molecule has 0 aliphatic heterocycles. The zero-order valence-corrected chi connectivity index (χ0v) is 45.3. The fourth-order valence-electron chi connectivity index (χ4n) is 6.62. The molecule has 0 spiro atoms. The average molecular weight is 1070 g/mol. The number of azide groups is 1. The Balaban J connectivity index is 0.000000420. The predicted octanol–water partition coefficient (Wildman–Crippen LogP) is 9.96. The van der Waals surface area contributed by atoms with Crippen LogP contribution in [0.3, 0.4) is 0 Å². The van der Waals surface area contributed by atoms with Crippen molar-refractivity contribution in [3.05, 3.63) is 161 Å². The number of hydrogen-bond acceptors (Lipinski definition) is 14. The molecule has 2 atom stereocenters.